The molecule has 0 aliphatic carbocycles. The quantitative estimate of drug-likeness (QED) is 0.671. The van der Waals surface area contributed by atoms with Gasteiger partial charge in [0.15, 0.2) is 0 Å². The first kappa shape index (κ1) is 19.7. The van der Waals surface area contributed by atoms with E-state index < -0.39 is 17.6 Å². The van der Waals surface area contributed by atoms with E-state index >= 15 is 0 Å². The molecule has 2 aromatic heterocycles. The van der Waals surface area contributed by atoms with E-state index in [0.29, 0.717) is 22.6 Å². The number of para-hydroxylation sites is 1. The SMILES string of the molecule is Cc1cccc(Cl)c1-n1nc(C)c(C(=O)Nc2ccc(C(F)(F)F)cn2)c1N. The summed E-state index contributed by atoms with van der Waals surface area (Å²) in [6.07, 6.45) is -3.87. The smallest absolute Gasteiger partial charge is 0.383 e. The summed E-state index contributed by atoms with van der Waals surface area (Å²) in [6.45, 7) is 3.41. The largest absolute Gasteiger partial charge is 0.417 e. The molecule has 0 spiro atoms. The van der Waals surface area contributed by atoms with Gasteiger partial charge in [-0.15, -0.1) is 0 Å². The third kappa shape index (κ3) is 3.65. The van der Waals surface area contributed by atoms with Gasteiger partial charge in [-0.3, -0.25) is 4.79 Å². The fourth-order valence-corrected chi connectivity index (χ4v) is 3.00. The molecule has 1 amide bonds. The maximum atomic E-state index is 12.6. The van der Waals surface area contributed by atoms with Crippen LogP contribution in [0.3, 0.4) is 0 Å². The van der Waals surface area contributed by atoms with Gasteiger partial charge in [0.05, 0.1) is 22.0 Å². The molecule has 0 saturated heterocycles. The van der Waals surface area contributed by atoms with Gasteiger partial charge in [0, 0.05) is 6.20 Å². The summed E-state index contributed by atoms with van der Waals surface area (Å²) >= 11 is 6.24. The van der Waals surface area contributed by atoms with Crippen molar-refractivity contribution in [2.45, 2.75) is 20.0 Å². The number of rotatable bonds is 3. The summed E-state index contributed by atoms with van der Waals surface area (Å²) in [5.74, 6) is -0.630. The molecule has 0 atom stereocenters. The van der Waals surface area contributed by atoms with E-state index in [1.54, 1.807) is 19.1 Å². The number of alkyl halides is 3. The monoisotopic (exact) mass is 409 g/mol. The van der Waals surface area contributed by atoms with Crippen LogP contribution < -0.4 is 11.1 Å². The lowest BCUT2D eigenvalue weighted by Crippen LogP contribution is -2.16. The molecule has 6 nitrogen and oxygen atoms in total. The maximum Gasteiger partial charge on any atom is 0.417 e. The van der Waals surface area contributed by atoms with Crippen LogP contribution >= 0.6 is 11.6 Å². The minimum absolute atomic E-state index is 0.0431. The van der Waals surface area contributed by atoms with E-state index in [1.807, 2.05) is 13.0 Å². The Morgan fingerprint density at radius 3 is 2.50 bits per heavy atom. The van der Waals surface area contributed by atoms with Crippen LogP contribution in [0, 0.1) is 13.8 Å². The van der Waals surface area contributed by atoms with Crippen molar-refractivity contribution in [1.82, 2.24) is 14.8 Å². The van der Waals surface area contributed by atoms with Crippen molar-refractivity contribution in [2.75, 3.05) is 11.1 Å². The van der Waals surface area contributed by atoms with E-state index in [-0.39, 0.29) is 17.2 Å². The molecule has 2 heterocycles. The highest BCUT2D eigenvalue weighted by Crippen LogP contribution is 2.30. The Morgan fingerprint density at radius 2 is 1.93 bits per heavy atom. The van der Waals surface area contributed by atoms with Crippen molar-refractivity contribution in [3.8, 4) is 5.69 Å². The molecule has 3 rings (SSSR count). The van der Waals surface area contributed by atoms with Gasteiger partial charge in [-0.25, -0.2) is 9.67 Å². The molecule has 10 heteroatoms. The number of amides is 1. The number of aryl methyl sites for hydroxylation is 2. The first-order chi connectivity index (χ1) is 13.1. The highest BCUT2D eigenvalue weighted by atomic mass is 35.5. The molecular weight excluding hydrogens is 395 g/mol. The fraction of sp³-hybridized carbons (Fsp3) is 0.167. The summed E-state index contributed by atoms with van der Waals surface area (Å²) in [5.41, 5.74) is 6.97. The summed E-state index contributed by atoms with van der Waals surface area (Å²) in [7, 11) is 0. The zero-order valence-electron chi connectivity index (χ0n) is 14.8. The second kappa shape index (κ2) is 7.16. The molecule has 28 heavy (non-hydrogen) atoms. The predicted molar refractivity (Wildman–Crippen MR) is 99.7 cm³/mol. The van der Waals surface area contributed by atoms with Crippen molar-refractivity contribution < 1.29 is 18.0 Å². The van der Waals surface area contributed by atoms with Gasteiger partial charge in [-0.1, -0.05) is 23.7 Å². The van der Waals surface area contributed by atoms with E-state index in [0.717, 1.165) is 17.7 Å². The Labute approximate surface area is 163 Å². The Hall–Kier alpha value is -3.07. The van der Waals surface area contributed by atoms with Crippen LogP contribution in [0.25, 0.3) is 5.69 Å². The number of carbonyl (C=O) groups is 1. The van der Waals surface area contributed by atoms with Gasteiger partial charge in [-0.05, 0) is 37.6 Å². The number of carbonyl (C=O) groups excluding carboxylic acids is 1. The van der Waals surface area contributed by atoms with Crippen LogP contribution in [0.4, 0.5) is 24.8 Å². The first-order valence-electron chi connectivity index (χ1n) is 8.04. The number of halogens is 4. The van der Waals surface area contributed by atoms with Gasteiger partial charge in [0.1, 0.15) is 17.2 Å². The van der Waals surface area contributed by atoms with Crippen molar-refractivity contribution in [3.63, 3.8) is 0 Å². The Bertz CT molecular complexity index is 1020. The van der Waals surface area contributed by atoms with E-state index in [9.17, 15) is 18.0 Å². The van der Waals surface area contributed by atoms with Gasteiger partial charge in [0.2, 0.25) is 0 Å². The zero-order valence-corrected chi connectivity index (χ0v) is 15.6. The Morgan fingerprint density at radius 1 is 1.21 bits per heavy atom. The molecule has 0 fully saturated rings. The standard InChI is InChI=1S/C18H15ClF3N5O/c1-9-4-3-5-12(19)15(9)27-16(23)14(10(2)26-27)17(28)25-13-7-6-11(8-24-13)18(20,21)22/h3-8H,23H2,1-2H3,(H,24,25,28). The topological polar surface area (TPSA) is 85.8 Å². The van der Waals surface area contributed by atoms with Gasteiger partial charge in [-0.2, -0.15) is 18.3 Å². The normalized spacial score (nSPS) is 11.5. The lowest BCUT2D eigenvalue weighted by Gasteiger charge is -2.10. The Balaban J connectivity index is 1.92. The number of pyridine rings is 1. The molecule has 0 aliphatic heterocycles. The molecule has 0 unspecified atom stereocenters. The molecule has 1 aromatic carbocycles. The number of hydrogen-bond donors (Lipinski definition) is 2. The summed E-state index contributed by atoms with van der Waals surface area (Å²) in [5, 5.41) is 7.13. The van der Waals surface area contributed by atoms with Crippen LogP contribution in [0.2, 0.25) is 5.02 Å². The number of nitrogens with one attached hydrogen (secondary N) is 1. The van der Waals surface area contributed by atoms with E-state index in [1.165, 1.54) is 4.68 Å². The minimum Gasteiger partial charge on any atom is -0.383 e. The highest BCUT2D eigenvalue weighted by molar-refractivity contribution is 6.32. The Kier molecular flexibility index (Phi) is 5.03. The molecule has 146 valence electrons. The van der Waals surface area contributed by atoms with Crippen LogP contribution in [-0.4, -0.2) is 20.7 Å². The fourth-order valence-electron chi connectivity index (χ4n) is 2.70. The number of anilines is 2. The molecule has 0 aliphatic rings. The molecule has 0 radical (unpaired) electrons. The summed E-state index contributed by atoms with van der Waals surface area (Å²) in [6, 6.07) is 7.16. The maximum absolute atomic E-state index is 12.6. The predicted octanol–water partition coefficient (Wildman–Crippen LogP) is 4.39. The third-order valence-electron chi connectivity index (χ3n) is 4.06. The number of aromatic nitrogens is 3. The molecule has 0 saturated carbocycles. The van der Waals surface area contributed by atoms with Crippen LogP contribution in [0.1, 0.15) is 27.2 Å². The molecule has 3 aromatic rings. The lowest BCUT2D eigenvalue weighted by atomic mass is 10.2. The number of hydrogen-bond acceptors (Lipinski definition) is 4. The van der Waals surface area contributed by atoms with Crippen molar-refractivity contribution in [2.24, 2.45) is 0 Å². The van der Waals surface area contributed by atoms with E-state index in [4.69, 9.17) is 17.3 Å². The van der Waals surface area contributed by atoms with Gasteiger partial charge in [0.25, 0.3) is 5.91 Å². The van der Waals surface area contributed by atoms with Gasteiger partial charge >= 0.3 is 6.18 Å². The average Bonchev–Trinajstić information content (AvgIpc) is 2.89. The second-order valence-corrected chi connectivity index (χ2v) is 6.45. The first-order valence-corrected chi connectivity index (χ1v) is 8.42. The summed E-state index contributed by atoms with van der Waals surface area (Å²) < 4.78 is 39.2. The second-order valence-electron chi connectivity index (χ2n) is 6.05. The van der Waals surface area contributed by atoms with E-state index in [2.05, 4.69) is 15.4 Å². The molecular formula is C18H15ClF3N5O. The number of nitrogen functional groups attached to an aromatic ring is 1. The molecule has 0 bridgehead atoms. The average molecular weight is 410 g/mol. The third-order valence-corrected chi connectivity index (χ3v) is 4.36. The van der Waals surface area contributed by atoms with Crippen molar-refractivity contribution in [3.05, 3.63) is 63.9 Å². The number of nitrogens with two attached hydrogens (primary N) is 1. The molecule has 3 N–H and O–H groups in total. The minimum atomic E-state index is -4.51. The van der Waals surface area contributed by atoms with Crippen molar-refractivity contribution >= 4 is 29.1 Å². The van der Waals surface area contributed by atoms with Crippen molar-refractivity contribution in [1.29, 1.82) is 0 Å². The van der Waals surface area contributed by atoms with Gasteiger partial charge < -0.3 is 11.1 Å². The zero-order chi connectivity index (χ0) is 20.6. The lowest BCUT2D eigenvalue weighted by molar-refractivity contribution is -0.137. The summed E-state index contributed by atoms with van der Waals surface area (Å²) in [4.78, 5) is 16.2. The van der Waals surface area contributed by atoms with Crippen LogP contribution in [-0.2, 0) is 6.18 Å². The highest BCUT2D eigenvalue weighted by Gasteiger charge is 2.31. The number of nitrogens with zero attached hydrogens (tertiary/aromatic N) is 3. The van der Waals surface area contributed by atoms with Crippen LogP contribution in [0.15, 0.2) is 36.5 Å². The number of benzene rings is 1. The van der Waals surface area contributed by atoms with Crippen LogP contribution in [0.5, 0.6) is 0 Å².